The molecule has 0 saturated carbocycles. The van der Waals surface area contributed by atoms with E-state index in [1.807, 2.05) is 17.5 Å². The van der Waals surface area contributed by atoms with Gasteiger partial charge >= 0.3 is 0 Å². The van der Waals surface area contributed by atoms with Crippen molar-refractivity contribution in [2.24, 2.45) is 5.73 Å². The number of halogens is 1. The standard InChI is InChI=1S/C15H19N3O3S2.ClH/c16-8-9-17-23(20,21)14-5-1-3-12(11-14)18-15(19)7-6-13-4-2-10-22-13;/h1-5,10-11,17H,6-9,16H2,(H,18,19);1H. The van der Waals surface area contributed by atoms with Crippen LogP contribution in [0, 0.1) is 0 Å². The first-order chi connectivity index (χ1) is 11.0. The van der Waals surface area contributed by atoms with Gasteiger partial charge in [0.15, 0.2) is 0 Å². The van der Waals surface area contributed by atoms with Gasteiger partial charge in [0.1, 0.15) is 0 Å². The number of benzene rings is 1. The zero-order valence-corrected chi connectivity index (χ0v) is 15.3. The maximum absolute atomic E-state index is 12.0. The van der Waals surface area contributed by atoms with Crippen molar-refractivity contribution in [1.82, 2.24) is 4.72 Å². The zero-order chi connectivity index (χ0) is 16.7. The molecule has 0 atom stereocenters. The third kappa shape index (κ3) is 6.21. The van der Waals surface area contributed by atoms with Crippen LogP contribution in [0.4, 0.5) is 5.69 Å². The van der Waals surface area contributed by atoms with Crippen LogP contribution in [0.25, 0.3) is 0 Å². The van der Waals surface area contributed by atoms with E-state index in [-0.39, 0.29) is 36.3 Å². The number of nitrogens with two attached hydrogens (primary N) is 1. The summed E-state index contributed by atoms with van der Waals surface area (Å²) in [6.07, 6.45) is 1.02. The number of nitrogens with one attached hydrogen (secondary N) is 2. The molecule has 6 nitrogen and oxygen atoms in total. The van der Waals surface area contributed by atoms with Crippen molar-refractivity contribution in [3.8, 4) is 0 Å². The summed E-state index contributed by atoms with van der Waals surface area (Å²) >= 11 is 1.61. The first kappa shape index (κ1) is 20.6. The van der Waals surface area contributed by atoms with E-state index in [0.717, 1.165) is 4.88 Å². The van der Waals surface area contributed by atoms with Gasteiger partial charge in [0, 0.05) is 30.1 Å². The molecule has 0 fully saturated rings. The molecule has 1 amide bonds. The predicted molar refractivity (Wildman–Crippen MR) is 99.2 cm³/mol. The van der Waals surface area contributed by atoms with E-state index in [1.54, 1.807) is 23.5 Å². The minimum atomic E-state index is -3.61. The second-order valence-electron chi connectivity index (χ2n) is 4.84. The zero-order valence-electron chi connectivity index (χ0n) is 12.9. The molecule has 0 bridgehead atoms. The van der Waals surface area contributed by atoms with Gasteiger partial charge in [-0.3, -0.25) is 4.79 Å². The average Bonchev–Trinajstić information content (AvgIpc) is 3.05. The molecule has 0 radical (unpaired) electrons. The fraction of sp³-hybridized carbons (Fsp3) is 0.267. The van der Waals surface area contributed by atoms with E-state index >= 15 is 0 Å². The Morgan fingerprint density at radius 2 is 2.00 bits per heavy atom. The number of hydrogen-bond donors (Lipinski definition) is 3. The number of thiophene rings is 1. The molecule has 1 aromatic carbocycles. The minimum Gasteiger partial charge on any atom is -0.329 e. The molecule has 1 heterocycles. The number of sulfonamides is 1. The van der Waals surface area contributed by atoms with Gasteiger partial charge < -0.3 is 11.1 Å². The smallest absolute Gasteiger partial charge is 0.240 e. The summed E-state index contributed by atoms with van der Waals surface area (Å²) in [5.74, 6) is -0.150. The number of hydrogen-bond acceptors (Lipinski definition) is 5. The quantitative estimate of drug-likeness (QED) is 0.642. The third-order valence-electron chi connectivity index (χ3n) is 3.04. The molecule has 9 heteroatoms. The second kappa shape index (κ2) is 9.75. The second-order valence-corrected chi connectivity index (χ2v) is 7.64. The molecule has 132 valence electrons. The number of anilines is 1. The Morgan fingerprint density at radius 1 is 1.21 bits per heavy atom. The van der Waals surface area contributed by atoms with Crippen LogP contribution in [0.3, 0.4) is 0 Å². The Morgan fingerprint density at radius 3 is 2.67 bits per heavy atom. The van der Waals surface area contributed by atoms with E-state index in [4.69, 9.17) is 5.73 Å². The molecule has 0 unspecified atom stereocenters. The van der Waals surface area contributed by atoms with Crippen molar-refractivity contribution >= 4 is 45.4 Å². The summed E-state index contributed by atoms with van der Waals surface area (Å²) in [5.41, 5.74) is 5.76. The largest absolute Gasteiger partial charge is 0.329 e. The molecule has 1 aromatic heterocycles. The van der Waals surface area contributed by atoms with Crippen LogP contribution in [-0.4, -0.2) is 27.4 Å². The average molecular weight is 390 g/mol. The molecule has 24 heavy (non-hydrogen) atoms. The molecular formula is C15H20ClN3O3S2. The summed E-state index contributed by atoms with van der Waals surface area (Å²) < 4.78 is 26.4. The van der Waals surface area contributed by atoms with Gasteiger partial charge in [-0.2, -0.15) is 0 Å². The molecule has 0 saturated heterocycles. The van der Waals surface area contributed by atoms with Crippen molar-refractivity contribution in [2.75, 3.05) is 18.4 Å². The van der Waals surface area contributed by atoms with Crippen LogP contribution in [0.1, 0.15) is 11.3 Å². The van der Waals surface area contributed by atoms with E-state index in [9.17, 15) is 13.2 Å². The molecule has 0 spiro atoms. The number of carbonyl (C=O) groups excluding carboxylic acids is 1. The first-order valence-electron chi connectivity index (χ1n) is 7.13. The number of rotatable bonds is 8. The summed E-state index contributed by atoms with van der Waals surface area (Å²) in [5, 5.41) is 4.69. The summed E-state index contributed by atoms with van der Waals surface area (Å²) in [4.78, 5) is 13.2. The lowest BCUT2D eigenvalue weighted by atomic mass is 10.2. The Bertz CT molecular complexity index is 749. The van der Waals surface area contributed by atoms with Crippen molar-refractivity contribution in [1.29, 1.82) is 0 Å². The van der Waals surface area contributed by atoms with Gasteiger partial charge in [0.2, 0.25) is 15.9 Å². The summed E-state index contributed by atoms with van der Waals surface area (Å²) in [7, 11) is -3.61. The topological polar surface area (TPSA) is 101 Å². The number of aryl methyl sites for hydroxylation is 1. The van der Waals surface area contributed by atoms with E-state index in [0.29, 0.717) is 18.5 Å². The SMILES string of the molecule is Cl.NCCNS(=O)(=O)c1cccc(NC(=O)CCc2cccs2)c1. The Balaban J connectivity index is 0.00000288. The fourth-order valence-electron chi connectivity index (χ4n) is 1.93. The molecular weight excluding hydrogens is 370 g/mol. The predicted octanol–water partition coefficient (Wildman–Crippen LogP) is 1.98. The van der Waals surface area contributed by atoms with Crippen LogP contribution in [-0.2, 0) is 21.2 Å². The van der Waals surface area contributed by atoms with E-state index in [2.05, 4.69) is 10.0 Å². The summed E-state index contributed by atoms with van der Waals surface area (Å²) in [6.45, 7) is 0.387. The lowest BCUT2D eigenvalue weighted by Gasteiger charge is -2.09. The lowest BCUT2D eigenvalue weighted by molar-refractivity contribution is -0.116. The normalized spacial score (nSPS) is 10.9. The molecule has 0 aliphatic rings. The Labute approximate surface area is 151 Å². The van der Waals surface area contributed by atoms with Crippen LogP contribution in [0.2, 0.25) is 0 Å². The number of amides is 1. The van der Waals surface area contributed by atoms with E-state index < -0.39 is 10.0 Å². The third-order valence-corrected chi connectivity index (χ3v) is 5.44. The van der Waals surface area contributed by atoms with Crippen LogP contribution in [0.15, 0.2) is 46.7 Å². The van der Waals surface area contributed by atoms with Gasteiger partial charge in [-0.05, 0) is 36.1 Å². The van der Waals surface area contributed by atoms with Crippen molar-refractivity contribution < 1.29 is 13.2 Å². The monoisotopic (exact) mass is 389 g/mol. The molecule has 2 rings (SSSR count). The van der Waals surface area contributed by atoms with Gasteiger partial charge in [-0.15, -0.1) is 23.7 Å². The molecule has 4 N–H and O–H groups in total. The highest BCUT2D eigenvalue weighted by atomic mass is 35.5. The maximum atomic E-state index is 12.0. The lowest BCUT2D eigenvalue weighted by Crippen LogP contribution is -2.29. The van der Waals surface area contributed by atoms with Crippen LogP contribution in [0.5, 0.6) is 0 Å². The van der Waals surface area contributed by atoms with E-state index in [1.165, 1.54) is 12.1 Å². The van der Waals surface area contributed by atoms with Crippen molar-refractivity contribution in [3.05, 3.63) is 46.7 Å². The highest BCUT2D eigenvalue weighted by Crippen LogP contribution is 2.16. The van der Waals surface area contributed by atoms with Gasteiger partial charge in [0.05, 0.1) is 4.90 Å². The van der Waals surface area contributed by atoms with Gasteiger partial charge in [-0.1, -0.05) is 12.1 Å². The van der Waals surface area contributed by atoms with Crippen LogP contribution >= 0.6 is 23.7 Å². The molecule has 0 aliphatic carbocycles. The first-order valence-corrected chi connectivity index (χ1v) is 9.49. The van der Waals surface area contributed by atoms with Gasteiger partial charge in [-0.25, -0.2) is 13.1 Å². The maximum Gasteiger partial charge on any atom is 0.240 e. The van der Waals surface area contributed by atoms with Gasteiger partial charge in [0.25, 0.3) is 0 Å². The molecule has 2 aromatic rings. The highest BCUT2D eigenvalue weighted by molar-refractivity contribution is 7.89. The number of carbonyl (C=O) groups is 1. The van der Waals surface area contributed by atoms with Crippen molar-refractivity contribution in [3.63, 3.8) is 0 Å². The van der Waals surface area contributed by atoms with Crippen molar-refractivity contribution in [2.45, 2.75) is 17.7 Å². The summed E-state index contributed by atoms with van der Waals surface area (Å²) in [6, 6.07) is 10.1. The van der Waals surface area contributed by atoms with Crippen LogP contribution < -0.4 is 15.8 Å². The highest BCUT2D eigenvalue weighted by Gasteiger charge is 2.14. The fourth-order valence-corrected chi connectivity index (χ4v) is 3.73. The minimum absolute atomic E-state index is 0. The Kier molecular flexibility index (Phi) is 8.37. The Hall–Kier alpha value is -1.45. The molecule has 0 aliphatic heterocycles.